The molecule has 6 N–H and O–H groups in total. The quantitative estimate of drug-likeness (QED) is 0.390. The Morgan fingerprint density at radius 2 is 2.04 bits per heavy atom. The fourth-order valence-corrected chi connectivity index (χ4v) is 2.66. The molecule has 0 spiro atoms. The summed E-state index contributed by atoms with van der Waals surface area (Å²) in [6.07, 6.45) is -2.49. The van der Waals surface area contributed by atoms with Gasteiger partial charge in [-0.15, -0.1) is 0 Å². The zero-order valence-electron chi connectivity index (χ0n) is 11.5. The third kappa shape index (κ3) is 3.05. The number of anilines is 1. The maximum Gasteiger partial charge on any atom is 0.469 e. The molecule has 1 fully saturated rings. The summed E-state index contributed by atoms with van der Waals surface area (Å²) >= 11 is 0. The van der Waals surface area contributed by atoms with E-state index >= 15 is 0 Å². The van der Waals surface area contributed by atoms with Gasteiger partial charge in [-0.1, -0.05) is 0 Å². The number of phosphoric ester groups is 1. The molecular formula is C10H14N5O7P. The van der Waals surface area contributed by atoms with E-state index < -0.39 is 39.0 Å². The van der Waals surface area contributed by atoms with Gasteiger partial charge >= 0.3 is 7.82 Å². The lowest BCUT2D eigenvalue weighted by Crippen LogP contribution is -2.33. The average Bonchev–Trinajstić information content (AvgIpc) is 3.01. The first-order valence-electron chi connectivity index (χ1n) is 6.42. The highest BCUT2D eigenvalue weighted by molar-refractivity contribution is 7.46. The van der Waals surface area contributed by atoms with Gasteiger partial charge in [-0.25, -0.2) is 19.5 Å². The number of ether oxygens (including phenoxy) is 1. The second-order valence-electron chi connectivity index (χ2n) is 4.92. The number of hydrogen-bond donors (Lipinski definition) is 5. The Hall–Kier alpha value is -1.66. The SMILES string of the molecule is Nc1ncnc2c1ncn2[C@@H]1O[C@H](COP(=O)(O)O)[C@H](O)[C@H]1O. The number of rotatable bonds is 4. The van der Waals surface area contributed by atoms with E-state index in [0.717, 1.165) is 0 Å². The van der Waals surface area contributed by atoms with Crippen LogP contribution in [0.1, 0.15) is 6.23 Å². The van der Waals surface area contributed by atoms with Gasteiger partial charge in [-0.3, -0.25) is 9.09 Å². The lowest BCUT2D eigenvalue weighted by molar-refractivity contribution is -0.0504. The number of aliphatic hydroxyl groups excluding tert-OH is 2. The molecule has 12 nitrogen and oxygen atoms in total. The monoisotopic (exact) mass is 347 g/mol. The number of nitrogens with two attached hydrogens (primary N) is 1. The van der Waals surface area contributed by atoms with Crippen molar-refractivity contribution in [1.82, 2.24) is 19.5 Å². The first-order chi connectivity index (χ1) is 10.8. The number of fused-ring (bicyclic) bond motifs is 1. The minimum absolute atomic E-state index is 0.142. The molecule has 2 aromatic rings. The highest BCUT2D eigenvalue weighted by Crippen LogP contribution is 2.38. The van der Waals surface area contributed by atoms with Crippen LogP contribution in [0.2, 0.25) is 0 Å². The van der Waals surface area contributed by atoms with Crippen LogP contribution in [0, 0.1) is 0 Å². The van der Waals surface area contributed by atoms with E-state index in [1.807, 2.05) is 0 Å². The largest absolute Gasteiger partial charge is 0.469 e. The topological polar surface area (TPSA) is 186 Å². The summed E-state index contributed by atoms with van der Waals surface area (Å²) in [6, 6.07) is 0. The molecule has 0 unspecified atom stereocenters. The third-order valence-corrected chi connectivity index (χ3v) is 3.89. The smallest absolute Gasteiger partial charge is 0.387 e. The molecule has 0 aromatic carbocycles. The molecule has 0 bridgehead atoms. The van der Waals surface area contributed by atoms with E-state index in [2.05, 4.69) is 19.5 Å². The van der Waals surface area contributed by atoms with E-state index in [9.17, 15) is 14.8 Å². The maximum absolute atomic E-state index is 10.7. The Balaban J connectivity index is 1.85. The molecule has 4 atom stereocenters. The summed E-state index contributed by atoms with van der Waals surface area (Å²) in [4.78, 5) is 29.2. The number of imidazole rings is 1. The van der Waals surface area contributed by atoms with Crippen LogP contribution in [0.15, 0.2) is 12.7 Å². The first kappa shape index (κ1) is 16.2. The highest BCUT2D eigenvalue weighted by atomic mass is 31.2. The predicted molar refractivity (Wildman–Crippen MR) is 73.7 cm³/mol. The normalized spacial score (nSPS) is 28.5. The van der Waals surface area contributed by atoms with Crippen LogP contribution in [0.25, 0.3) is 11.2 Å². The lowest BCUT2D eigenvalue weighted by Gasteiger charge is -2.16. The van der Waals surface area contributed by atoms with Crippen molar-refractivity contribution in [1.29, 1.82) is 0 Å². The van der Waals surface area contributed by atoms with E-state index in [1.165, 1.54) is 17.2 Å². The number of nitrogens with zero attached hydrogens (tertiary/aromatic N) is 4. The zero-order chi connectivity index (χ0) is 16.8. The molecule has 23 heavy (non-hydrogen) atoms. The van der Waals surface area contributed by atoms with Crippen molar-refractivity contribution in [2.45, 2.75) is 24.5 Å². The lowest BCUT2D eigenvalue weighted by atomic mass is 10.1. The molecule has 13 heteroatoms. The Labute approximate surface area is 128 Å². The number of hydrogen-bond acceptors (Lipinski definition) is 9. The van der Waals surface area contributed by atoms with E-state index in [4.69, 9.17) is 20.3 Å². The molecule has 0 amide bonds. The van der Waals surface area contributed by atoms with Gasteiger partial charge in [0.2, 0.25) is 0 Å². The Bertz CT molecular complexity index is 763. The van der Waals surface area contributed by atoms with Gasteiger partial charge in [0.05, 0.1) is 12.9 Å². The van der Waals surface area contributed by atoms with Crippen molar-refractivity contribution in [2.75, 3.05) is 12.3 Å². The third-order valence-electron chi connectivity index (χ3n) is 3.41. The second kappa shape index (κ2) is 5.76. The summed E-state index contributed by atoms with van der Waals surface area (Å²) < 4.78 is 21.8. The molecule has 0 aliphatic carbocycles. The molecule has 1 aliphatic rings. The summed E-state index contributed by atoms with van der Waals surface area (Å²) in [6.45, 7) is -0.594. The van der Waals surface area contributed by atoms with Crippen molar-refractivity contribution in [3.8, 4) is 0 Å². The van der Waals surface area contributed by atoms with Gasteiger partial charge in [0.1, 0.15) is 30.2 Å². The number of aromatic nitrogens is 4. The van der Waals surface area contributed by atoms with Crippen LogP contribution in [-0.2, 0) is 13.8 Å². The molecule has 1 aliphatic heterocycles. The molecule has 3 rings (SSSR count). The molecule has 1 saturated heterocycles. The molecule has 126 valence electrons. The molecule has 2 aromatic heterocycles. The fraction of sp³-hybridized carbons (Fsp3) is 0.500. The van der Waals surface area contributed by atoms with Crippen LogP contribution in [0.4, 0.5) is 5.82 Å². The Morgan fingerprint density at radius 1 is 1.30 bits per heavy atom. The predicted octanol–water partition coefficient (Wildman–Crippen LogP) is -1.86. The van der Waals surface area contributed by atoms with Crippen LogP contribution < -0.4 is 5.73 Å². The van der Waals surface area contributed by atoms with E-state index in [1.54, 1.807) is 0 Å². The van der Waals surface area contributed by atoms with Crippen LogP contribution in [0.5, 0.6) is 0 Å². The summed E-state index contributed by atoms with van der Waals surface area (Å²) in [7, 11) is -4.72. The average molecular weight is 347 g/mol. The summed E-state index contributed by atoms with van der Waals surface area (Å²) in [5.41, 5.74) is 6.25. The van der Waals surface area contributed by atoms with Crippen LogP contribution >= 0.6 is 7.82 Å². The molecule has 0 radical (unpaired) electrons. The Morgan fingerprint density at radius 3 is 2.74 bits per heavy atom. The molecular weight excluding hydrogens is 333 g/mol. The van der Waals surface area contributed by atoms with Gasteiger partial charge < -0.3 is 30.5 Å². The van der Waals surface area contributed by atoms with Gasteiger partial charge in [-0.05, 0) is 0 Å². The molecule has 0 saturated carbocycles. The zero-order valence-corrected chi connectivity index (χ0v) is 12.4. The first-order valence-corrected chi connectivity index (χ1v) is 7.95. The standard InChI is InChI=1S/C10H14N5O7P/c11-8-5-9(13-2-12-8)15(3-14-5)10-7(17)6(16)4(22-10)1-21-23(18,19)20/h2-4,6-7,10,16-17H,1H2,(H2,11,12,13)(H2,18,19,20)/t4-,6+,7-,10-/m1/s1. The minimum atomic E-state index is -4.72. The van der Waals surface area contributed by atoms with Gasteiger partial charge in [0.15, 0.2) is 17.7 Å². The van der Waals surface area contributed by atoms with Gasteiger partial charge in [0.25, 0.3) is 0 Å². The van der Waals surface area contributed by atoms with Crippen LogP contribution in [-0.4, -0.2) is 64.4 Å². The van der Waals surface area contributed by atoms with Crippen molar-refractivity contribution >= 4 is 24.8 Å². The van der Waals surface area contributed by atoms with E-state index in [-0.39, 0.29) is 11.5 Å². The minimum Gasteiger partial charge on any atom is -0.387 e. The summed E-state index contributed by atoms with van der Waals surface area (Å²) in [5, 5.41) is 20.1. The van der Waals surface area contributed by atoms with Gasteiger partial charge in [0, 0.05) is 0 Å². The maximum atomic E-state index is 10.7. The second-order valence-corrected chi connectivity index (χ2v) is 6.15. The van der Waals surface area contributed by atoms with E-state index in [0.29, 0.717) is 5.52 Å². The van der Waals surface area contributed by atoms with Crippen molar-refractivity contribution in [3.63, 3.8) is 0 Å². The highest BCUT2D eigenvalue weighted by Gasteiger charge is 2.45. The van der Waals surface area contributed by atoms with Gasteiger partial charge in [-0.2, -0.15) is 0 Å². The van der Waals surface area contributed by atoms with Crippen molar-refractivity contribution < 1.29 is 33.8 Å². The summed E-state index contributed by atoms with van der Waals surface area (Å²) in [5.74, 6) is 0.142. The number of nitrogen functional groups attached to an aromatic ring is 1. The van der Waals surface area contributed by atoms with Crippen molar-refractivity contribution in [3.05, 3.63) is 12.7 Å². The van der Waals surface area contributed by atoms with Crippen LogP contribution in [0.3, 0.4) is 0 Å². The van der Waals surface area contributed by atoms with Crippen molar-refractivity contribution in [2.24, 2.45) is 0 Å². The Kier molecular flexibility index (Phi) is 4.06. The molecule has 3 heterocycles. The number of aliphatic hydroxyl groups is 2. The number of phosphoric acid groups is 1. The fourth-order valence-electron chi connectivity index (χ4n) is 2.32.